The predicted octanol–water partition coefficient (Wildman–Crippen LogP) is 1.24. The number of nitrogens with one attached hydrogen (secondary N) is 1. The van der Waals surface area contributed by atoms with E-state index >= 15 is 0 Å². The van der Waals surface area contributed by atoms with Crippen molar-refractivity contribution in [2.75, 3.05) is 39.1 Å². The minimum absolute atomic E-state index is 0.0329. The van der Waals surface area contributed by atoms with Crippen molar-refractivity contribution >= 4 is 27.0 Å². The zero-order valence-electron chi connectivity index (χ0n) is 19.7. The number of sulfonamides is 1. The number of methoxy groups -OCH3 is 1. The molecule has 2 aromatic heterocycles. The number of aromatic nitrogens is 2. The Morgan fingerprint density at radius 1 is 1.22 bits per heavy atom. The van der Waals surface area contributed by atoms with E-state index in [1.807, 2.05) is 0 Å². The maximum absolute atomic E-state index is 13.4. The summed E-state index contributed by atoms with van der Waals surface area (Å²) in [4.78, 5) is 30.5. The first-order valence-corrected chi connectivity index (χ1v) is 13.1. The molecule has 4 rings (SSSR count). The molecule has 0 bridgehead atoms. The topological polar surface area (TPSA) is 131 Å². The van der Waals surface area contributed by atoms with Crippen molar-refractivity contribution in [3.05, 3.63) is 69.4 Å². The van der Waals surface area contributed by atoms with Crippen LogP contribution in [0.1, 0.15) is 27.9 Å². The molecular weight excluding hydrogens is 491 g/mol. The summed E-state index contributed by atoms with van der Waals surface area (Å²) in [5.74, 6) is -1.64. The van der Waals surface area contributed by atoms with Gasteiger partial charge in [0, 0.05) is 39.5 Å². The number of halogens is 1. The smallest absolute Gasteiger partial charge is 0.267 e. The van der Waals surface area contributed by atoms with Crippen LogP contribution in [0.2, 0.25) is 0 Å². The summed E-state index contributed by atoms with van der Waals surface area (Å²) < 4.78 is 45.3. The molecule has 0 spiro atoms. The molecular formula is C24H27FN4O6S. The van der Waals surface area contributed by atoms with Crippen molar-refractivity contribution in [1.29, 1.82) is 0 Å². The highest BCUT2D eigenvalue weighted by molar-refractivity contribution is 7.89. The first-order valence-electron chi connectivity index (χ1n) is 11.4. The molecule has 2 N–H and O–H groups in total. The van der Waals surface area contributed by atoms with Gasteiger partial charge in [0.05, 0.1) is 17.9 Å². The standard InChI is InChI=1S/C24H27FN4O6S/c1-35-11-7-26-23(31)20-22(30)21-19(14-17(15-27-21)13-16-3-5-18(25)6-4-16)29(24(20)32)10-9-28-8-2-12-36(28,33)34/h3-6,14-15,30H,2,7-13H2,1H3,(H,26,31). The maximum Gasteiger partial charge on any atom is 0.267 e. The van der Waals surface area contributed by atoms with Gasteiger partial charge in [-0.1, -0.05) is 12.1 Å². The number of ether oxygens (including phenoxy) is 1. The van der Waals surface area contributed by atoms with Crippen LogP contribution in [0.25, 0.3) is 11.0 Å². The number of carbonyl (C=O) groups excluding carboxylic acids is 1. The summed E-state index contributed by atoms with van der Waals surface area (Å²) >= 11 is 0. The van der Waals surface area contributed by atoms with Gasteiger partial charge in [0.2, 0.25) is 10.0 Å². The highest BCUT2D eigenvalue weighted by Gasteiger charge is 2.29. The third-order valence-electron chi connectivity index (χ3n) is 6.05. The lowest BCUT2D eigenvalue weighted by molar-refractivity contribution is 0.0932. The molecule has 0 atom stereocenters. The van der Waals surface area contributed by atoms with E-state index in [0.717, 1.165) is 5.56 Å². The van der Waals surface area contributed by atoms with Gasteiger partial charge in [-0.25, -0.2) is 17.1 Å². The van der Waals surface area contributed by atoms with Crippen LogP contribution in [0.15, 0.2) is 41.3 Å². The van der Waals surface area contributed by atoms with Crippen molar-refractivity contribution in [2.45, 2.75) is 19.4 Å². The lowest BCUT2D eigenvalue weighted by Crippen LogP contribution is -2.37. The zero-order valence-corrected chi connectivity index (χ0v) is 20.6. The summed E-state index contributed by atoms with van der Waals surface area (Å²) in [6.45, 7) is 0.698. The van der Waals surface area contributed by atoms with Crippen molar-refractivity contribution in [2.24, 2.45) is 0 Å². The molecule has 36 heavy (non-hydrogen) atoms. The summed E-state index contributed by atoms with van der Waals surface area (Å²) in [5.41, 5.74) is 0.579. The second kappa shape index (κ2) is 10.7. The van der Waals surface area contributed by atoms with Crippen molar-refractivity contribution in [3.8, 4) is 5.75 Å². The number of hydrogen-bond acceptors (Lipinski definition) is 7. The Morgan fingerprint density at radius 3 is 2.64 bits per heavy atom. The number of fused-ring (bicyclic) bond motifs is 1. The molecule has 10 nitrogen and oxygen atoms in total. The average Bonchev–Trinajstić information content (AvgIpc) is 3.18. The second-order valence-electron chi connectivity index (χ2n) is 8.51. The number of aromatic hydroxyl groups is 1. The van der Waals surface area contributed by atoms with Crippen LogP contribution < -0.4 is 10.9 Å². The summed E-state index contributed by atoms with van der Waals surface area (Å²) in [6.07, 6.45) is 2.40. The molecule has 1 saturated heterocycles. The van der Waals surface area contributed by atoms with Crippen LogP contribution in [-0.4, -0.2) is 72.4 Å². The van der Waals surface area contributed by atoms with Crippen molar-refractivity contribution in [1.82, 2.24) is 19.2 Å². The lowest BCUT2D eigenvalue weighted by Gasteiger charge is -2.18. The number of amides is 1. The largest absolute Gasteiger partial charge is 0.505 e. The van der Waals surface area contributed by atoms with Gasteiger partial charge in [0.15, 0.2) is 5.75 Å². The van der Waals surface area contributed by atoms with E-state index in [2.05, 4.69) is 10.3 Å². The molecule has 0 saturated carbocycles. The molecule has 0 aliphatic carbocycles. The van der Waals surface area contributed by atoms with E-state index in [1.165, 1.54) is 34.3 Å². The third-order valence-corrected chi connectivity index (χ3v) is 8.01. The van der Waals surface area contributed by atoms with Gasteiger partial charge in [-0.3, -0.25) is 14.6 Å². The minimum atomic E-state index is -3.40. The third kappa shape index (κ3) is 5.40. The Hall–Kier alpha value is -3.35. The van der Waals surface area contributed by atoms with Crippen LogP contribution in [0.5, 0.6) is 5.75 Å². The summed E-state index contributed by atoms with van der Waals surface area (Å²) in [7, 11) is -1.93. The number of rotatable bonds is 9. The maximum atomic E-state index is 13.4. The molecule has 1 aromatic carbocycles. The molecule has 0 unspecified atom stereocenters. The van der Waals surface area contributed by atoms with Gasteiger partial charge >= 0.3 is 0 Å². The fraction of sp³-hybridized carbons (Fsp3) is 0.375. The second-order valence-corrected chi connectivity index (χ2v) is 10.6. The van der Waals surface area contributed by atoms with E-state index in [0.29, 0.717) is 24.9 Å². The monoisotopic (exact) mass is 518 g/mol. The highest BCUT2D eigenvalue weighted by atomic mass is 32.2. The molecule has 1 aliphatic rings. The first kappa shape index (κ1) is 25.7. The predicted molar refractivity (Wildman–Crippen MR) is 131 cm³/mol. The zero-order chi connectivity index (χ0) is 25.9. The van der Waals surface area contributed by atoms with Gasteiger partial charge in [0.1, 0.15) is 16.9 Å². The number of nitrogens with zero attached hydrogens (tertiary/aromatic N) is 3. The Morgan fingerprint density at radius 2 is 1.97 bits per heavy atom. The van der Waals surface area contributed by atoms with Crippen LogP contribution >= 0.6 is 0 Å². The molecule has 0 radical (unpaired) electrons. The average molecular weight is 519 g/mol. The van der Waals surface area contributed by atoms with E-state index in [1.54, 1.807) is 18.2 Å². The number of carbonyl (C=O) groups is 1. The Balaban J connectivity index is 1.77. The number of hydrogen-bond donors (Lipinski definition) is 2. The Kier molecular flexibility index (Phi) is 7.67. The van der Waals surface area contributed by atoms with E-state index < -0.39 is 32.8 Å². The molecule has 192 valence electrons. The highest BCUT2D eigenvalue weighted by Crippen LogP contribution is 2.26. The molecule has 12 heteroatoms. The number of pyridine rings is 2. The fourth-order valence-electron chi connectivity index (χ4n) is 4.22. The van der Waals surface area contributed by atoms with Crippen LogP contribution in [0.3, 0.4) is 0 Å². The van der Waals surface area contributed by atoms with Gasteiger partial charge in [-0.2, -0.15) is 0 Å². The molecule has 1 fully saturated rings. The van der Waals surface area contributed by atoms with Gasteiger partial charge in [-0.05, 0) is 42.2 Å². The quantitative estimate of drug-likeness (QED) is 0.408. The van der Waals surface area contributed by atoms with Crippen molar-refractivity contribution in [3.63, 3.8) is 0 Å². The SMILES string of the molecule is COCCNC(=O)c1c(O)c2ncc(Cc3ccc(F)cc3)cc2n(CCN2CCCS2(=O)=O)c1=O. The van der Waals surface area contributed by atoms with Crippen LogP contribution in [0, 0.1) is 5.82 Å². The van der Waals surface area contributed by atoms with Gasteiger partial charge in [0.25, 0.3) is 11.5 Å². The van der Waals surface area contributed by atoms with Crippen LogP contribution in [-0.2, 0) is 27.7 Å². The van der Waals surface area contributed by atoms with Crippen LogP contribution in [0.4, 0.5) is 4.39 Å². The summed E-state index contributed by atoms with van der Waals surface area (Å²) in [5, 5.41) is 13.4. The minimum Gasteiger partial charge on any atom is -0.505 e. The van der Waals surface area contributed by atoms with Crippen molar-refractivity contribution < 1.29 is 27.4 Å². The first-order chi connectivity index (χ1) is 17.2. The van der Waals surface area contributed by atoms with E-state index in [-0.39, 0.29) is 48.8 Å². The Bertz CT molecular complexity index is 1440. The summed E-state index contributed by atoms with van der Waals surface area (Å²) in [6, 6.07) is 7.62. The number of benzene rings is 1. The van der Waals surface area contributed by atoms with Gasteiger partial charge < -0.3 is 19.7 Å². The van der Waals surface area contributed by atoms with E-state index in [4.69, 9.17) is 4.74 Å². The molecule has 3 heterocycles. The molecule has 1 aliphatic heterocycles. The normalized spacial score (nSPS) is 15.4. The van der Waals surface area contributed by atoms with Gasteiger partial charge in [-0.15, -0.1) is 0 Å². The van der Waals surface area contributed by atoms with E-state index in [9.17, 15) is 27.5 Å². The molecule has 3 aromatic rings. The molecule has 1 amide bonds. The fourth-order valence-corrected chi connectivity index (χ4v) is 5.74. The Labute approximate surface area is 207 Å². The lowest BCUT2D eigenvalue weighted by atomic mass is 10.1.